The molecule has 0 radical (unpaired) electrons. The Bertz CT molecular complexity index is 870. The summed E-state index contributed by atoms with van der Waals surface area (Å²) >= 11 is 5.96. The summed E-state index contributed by atoms with van der Waals surface area (Å²) in [7, 11) is 1.38. The standard InChI is InChI=1S/C19H17ClN2O4/c1-3-26-16-6-4-15(5-7-16)22-19(24)13(11-21)8-12-9-14(20)10-17(25-2)18(12)23/h4-10,23H,3H2,1-2H3,(H,22,24)/b13-8-. The minimum atomic E-state index is -0.616. The highest BCUT2D eigenvalue weighted by atomic mass is 35.5. The van der Waals surface area contributed by atoms with Gasteiger partial charge in [-0.3, -0.25) is 4.79 Å². The number of phenols is 1. The third kappa shape index (κ3) is 4.68. The Balaban J connectivity index is 2.25. The highest BCUT2D eigenvalue weighted by molar-refractivity contribution is 6.31. The number of anilines is 1. The SMILES string of the molecule is CCOc1ccc(NC(=O)/C(C#N)=C\c2cc(Cl)cc(OC)c2O)cc1. The Hall–Kier alpha value is -3.17. The molecule has 26 heavy (non-hydrogen) atoms. The van der Waals surface area contributed by atoms with Gasteiger partial charge in [-0.25, -0.2) is 0 Å². The molecule has 0 saturated carbocycles. The molecule has 0 atom stereocenters. The summed E-state index contributed by atoms with van der Waals surface area (Å²) in [4.78, 5) is 12.3. The van der Waals surface area contributed by atoms with Crippen LogP contribution in [0, 0.1) is 11.3 Å². The number of nitrogens with one attached hydrogen (secondary N) is 1. The number of halogens is 1. The van der Waals surface area contributed by atoms with Crippen molar-refractivity contribution in [2.24, 2.45) is 0 Å². The molecule has 0 fully saturated rings. The van der Waals surface area contributed by atoms with Gasteiger partial charge in [0.1, 0.15) is 17.4 Å². The van der Waals surface area contributed by atoms with Gasteiger partial charge in [0.25, 0.3) is 5.91 Å². The number of rotatable bonds is 6. The second kappa shape index (κ2) is 8.79. The maximum Gasteiger partial charge on any atom is 0.266 e. The molecular formula is C19H17ClN2O4. The van der Waals surface area contributed by atoms with Crippen LogP contribution in [-0.4, -0.2) is 24.7 Å². The van der Waals surface area contributed by atoms with E-state index in [-0.39, 0.29) is 22.6 Å². The van der Waals surface area contributed by atoms with Gasteiger partial charge in [0.05, 0.1) is 13.7 Å². The van der Waals surface area contributed by atoms with Crippen LogP contribution in [0.2, 0.25) is 5.02 Å². The van der Waals surface area contributed by atoms with Crippen LogP contribution in [-0.2, 0) is 4.79 Å². The molecule has 0 unspecified atom stereocenters. The molecule has 0 aliphatic rings. The van der Waals surface area contributed by atoms with Crippen molar-refractivity contribution in [3.8, 4) is 23.3 Å². The first-order chi connectivity index (χ1) is 12.5. The van der Waals surface area contributed by atoms with E-state index in [1.54, 1.807) is 24.3 Å². The number of nitrogens with zero attached hydrogens (tertiary/aromatic N) is 1. The van der Waals surface area contributed by atoms with Gasteiger partial charge >= 0.3 is 0 Å². The normalized spacial score (nSPS) is 10.8. The predicted octanol–water partition coefficient (Wildman–Crippen LogP) is 4.00. The van der Waals surface area contributed by atoms with E-state index in [2.05, 4.69) is 5.32 Å². The maximum atomic E-state index is 12.3. The van der Waals surface area contributed by atoms with Gasteiger partial charge in [-0.15, -0.1) is 0 Å². The Kier molecular flexibility index (Phi) is 6.48. The summed E-state index contributed by atoms with van der Waals surface area (Å²) in [6.07, 6.45) is 1.24. The first-order valence-corrected chi connectivity index (χ1v) is 8.08. The van der Waals surface area contributed by atoms with Crippen LogP contribution in [0.5, 0.6) is 17.2 Å². The molecule has 0 aromatic heterocycles. The van der Waals surface area contributed by atoms with E-state index < -0.39 is 5.91 Å². The Morgan fingerprint density at radius 3 is 2.62 bits per heavy atom. The fraction of sp³-hybridized carbons (Fsp3) is 0.158. The molecule has 0 aliphatic heterocycles. The summed E-state index contributed by atoms with van der Waals surface area (Å²) in [5.41, 5.74) is 0.513. The number of ether oxygens (including phenoxy) is 2. The number of methoxy groups -OCH3 is 1. The fourth-order valence-corrected chi connectivity index (χ4v) is 2.38. The van der Waals surface area contributed by atoms with Gasteiger partial charge in [-0.1, -0.05) is 11.6 Å². The van der Waals surface area contributed by atoms with Crippen molar-refractivity contribution in [2.75, 3.05) is 19.0 Å². The third-order valence-electron chi connectivity index (χ3n) is 3.38. The van der Waals surface area contributed by atoms with Gasteiger partial charge in [0.2, 0.25) is 0 Å². The molecule has 0 bridgehead atoms. The molecule has 1 amide bonds. The van der Waals surface area contributed by atoms with E-state index in [4.69, 9.17) is 21.1 Å². The molecular weight excluding hydrogens is 356 g/mol. The van der Waals surface area contributed by atoms with Gasteiger partial charge in [-0.05, 0) is 43.3 Å². The zero-order valence-corrected chi connectivity index (χ0v) is 15.0. The Labute approximate surface area is 156 Å². The number of carbonyl (C=O) groups is 1. The number of hydrogen-bond acceptors (Lipinski definition) is 5. The number of benzene rings is 2. The van der Waals surface area contributed by atoms with Crippen LogP contribution >= 0.6 is 11.6 Å². The van der Waals surface area contributed by atoms with Crippen molar-refractivity contribution < 1.29 is 19.4 Å². The molecule has 6 nitrogen and oxygen atoms in total. The molecule has 2 aromatic carbocycles. The lowest BCUT2D eigenvalue weighted by Crippen LogP contribution is -2.13. The Morgan fingerprint density at radius 2 is 2.04 bits per heavy atom. The molecule has 2 N–H and O–H groups in total. The number of carbonyl (C=O) groups excluding carboxylic acids is 1. The van der Waals surface area contributed by atoms with Gasteiger partial charge in [0, 0.05) is 22.3 Å². The highest BCUT2D eigenvalue weighted by Gasteiger charge is 2.14. The summed E-state index contributed by atoms with van der Waals surface area (Å²) in [6, 6.07) is 11.4. The van der Waals surface area contributed by atoms with Crippen molar-refractivity contribution in [1.29, 1.82) is 5.26 Å². The lowest BCUT2D eigenvalue weighted by atomic mass is 10.1. The number of hydrogen-bond donors (Lipinski definition) is 2. The largest absolute Gasteiger partial charge is 0.504 e. The highest BCUT2D eigenvalue weighted by Crippen LogP contribution is 2.34. The van der Waals surface area contributed by atoms with Crippen molar-refractivity contribution in [3.63, 3.8) is 0 Å². The topological polar surface area (TPSA) is 91.6 Å². The van der Waals surface area contributed by atoms with Crippen LogP contribution < -0.4 is 14.8 Å². The van der Waals surface area contributed by atoms with Gasteiger partial charge in [0.15, 0.2) is 11.5 Å². The minimum Gasteiger partial charge on any atom is -0.504 e. The average Bonchev–Trinajstić information content (AvgIpc) is 2.63. The zero-order chi connectivity index (χ0) is 19.1. The van der Waals surface area contributed by atoms with Crippen LogP contribution in [0.15, 0.2) is 42.0 Å². The average molecular weight is 373 g/mol. The van der Waals surface area contributed by atoms with E-state index in [9.17, 15) is 15.2 Å². The van der Waals surface area contributed by atoms with E-state index in [0.717, 1.165) is 0 Å². The van der Waals surface area contributed by atoms with Gasteiger partial charge < -0.3 is 19.9 Å². The fourth-order valence-electron chi connectivity index (χ4n) is 2.16. The molecule has 7 heteroatoms. The Morgan fingerprint density at radius 1 is 1.35 bits per heavy atom. The van der Waals surface area contributed by atoms with Gasteiger partial charge in [-0.2, -0.15) is 5.26 Å². The van der Waals surface area contributed by atoms with Crippen LogP contribution in [0.3, 0.4) is 0 Å². The monoisotopic (exact) mass is 372 g/mol. The number of aromatic hydroxyl groups is 1. The summed E-state index contributed by atoms with van der Waals surface area (Å²) in [5, 5.41) is 22.3. The van der Waals surface area contributed by atoms with Crippen LogP contribution in [0.1, 0.15) is 12.5 Å². The molecule has 0 aliphatic carbocycles. The van der Waals surface area contributed by atoms with E-state index >= 15 is 0 Å². The quantitative estimate of drug-likeness (QED) is 0.590. The summed E-state index contributed by atoms with van der Waals surface area (Å²) < 4.78 is 10.3. The number of nitriles is 1. The first-order valence-electron chi connectivity index (χ1n) is 7.71. The molecule has 0 spiro atoms. The van der Waals surface area contributed by atoms with E-state index in [0.29, 0.717) is 23.1 Å². The number of phenolic OH excluding ortho intramolecular Hbond substituents is 1. The second-order valence-electron chi connectivity index (χ2n) is 5.13. The molecule has 2 aromatic rings. The van der Waals surface area contributed by atoms with Crippen molar-refractivity contribution >= 4 is 29.3 Å². The van der Waals surface area contributed by atoms with Crippen molar-refractivity contribution in [2.45, 2.75) is 6.92 Å². The second-order valence-corrected chi connectivity index (χ2v) is 5.56. The van der Waals surface area contributed by atoms with Crippen LogP contribution in [0.4, 0.5) is 5.69 Å². The molecule has 134 valence electrons. The maximum absolute atomic E-state index is 12.3. The molecule has 0 saturated heterocycles. The molecule has 2 rings (SSSR count). The first kappa shape index (κ1) is 19.2. The lowest BCUT2D eigenvalue weighted by Gasteiger charge is -2.09. The van der Waals surface area contributed by atoms with Crippen molar-refractivity contribution in [3.05, 3.63) is 52.6 Å². The zero-order valence-electron chi connectivity index (χ0n) is 14.2. The molecule has 0 heterocycles. The van der Waals surface area contributed by atoms with Crippen LogP contribution in [0.25, 0.3) is 6.08 Å². The lowest BCUT2D eigenvalue weighted by molar-refractivity contribution is -0.112. The number of amides is 1. The minimum absolute atomic E-state index is 0.146. The van der Waals surface area contributed by atoms with E-state index in [1.165, 1.54) is 25.3 Å². The third-order valence-corrected chi connectivity index (χ3v) is 3.60. The predicted molar refractivity (Wildman–Crippen MR) is 99.5 cm³/mol. The van der Waals surface area contributed by atoms with Crippen molar-refractivity contribution in [1.82, 2.24) is 0 Å². The summed E-state index contributed by atoms with van der Waals surface area (Å²) in [6.45, 7) is 2.42. The van der Waals surface area contributed by atoms with E-state index in [1.807, 2.05) is 13.0 Å². The summed E-state index contributed by atoms with van der Waals surface area (Å²) in [5.74, 6) is -0.000951. The smallest absolute Gasteiger partial charge is 0.266 e.